The highest BCUT2D eigenvalue weighted by atomic mass is 35.5. The average Bonchev–Trinajstić information content (AvgIpc) is 2.95. The molecule has 1 amide bonds. The van der Waals surface area contributed by atoms with Crippen LogP contribution in [0.15, 0.2) is 12.1 Å². The highest BCUT2D eigenvalue weighted by Crippen LogP contribution is 2.34. The maximum absolute atomic E-state index is 12.1. The Balaban J connectivity index is 2.24. The van der Waals surface area contributed by atoms with Gasteiger partial charge in [-0.2, -0.15) is 0 Å². The molecule has 0 saturated carbocycles. The fourth-order valence-corrected chi connectivity index (χ4v) is 3.56. The zero-order chi connectivity index (χ0) is 14.0. The molecule has 2 aromatic rings. The molecule has 7 heteroatoms. The van der Waals surface area contributed by atoms with Crippen molar-refractivity contribution in [1.29, 1.82) is 0 Å². The van der Waals surface area contributed by atoms with Gasteiger partial charge in [0.25, 0.3) is 5.91 Å². The molecule has 2 rings (SSSR count). The second-order valence-electron chi connectivity index (χ2n) is 4.15. The van der Waals surface area contributed by atoms with Crippen molar-refractivity contribution in [1.82, 2.24) is 10.3 Å². The van der Waals surface area contributed by atoms with E-state index in [1.54, 1.807) is 0 Å². The molecule has 0 aliphatic carbocycles. The molecule has 19 heavy (non-hydrogen) atoms. The molecule has 3 N–H and O–H groups in total. The summed E-state index contributed by atoms with van der Waals surface area (Å²) in [6, 6.07) is 3.69. The van der Waals surface area contributed by atoms with Crippen molar-refractivity contribution in [2.45, 2.75) is 19.9 Å². The summed E-state index contributed by atoms with van der Waals surface area (Å²) in [5, 5.41) is 3.66. The number of amides is 1. The molecule has 0 spiro atoms. The van der Waals surface area contributed by atoms with Gasteiger partial charge in [-0.25, -0.2) is 4.98 Å². The van der Waals surface area contributed by atoms with E-state index in [0.29, 0.717) is 15.8 Å². The summed E-state index contributed by atoms with van der Waals surface area (Å²) in [4.78, 5) is 18.1. The van der Waals surface area contributed by atoms with Crippen molar-refractivity contribution in [2.24, 2.45) is 5.73 Å². The molecule has 2 heterocycles. The lowest BCUT2D eigenvalue weighted by Gasteiger charge is -2.09. The summed E-state index contributed by atoms with van der Waals surface area (Å²) in [6.07, 6.45) is 0. The molecule has 4 nitrogen and oxygen atoms in total. The lowest BCUT2D eigenvalue weighted by molar-refractivity contribution is 0.0944. The van der Waals surface area contributed by atoms with Crippen LogP contribution in [-0.2, 0) is 0 Å². The molecule has 0 saturated heterocycles. The van der Waals surface area contributed by atoms with Gasteiger partial charge >= 0.3 is 0 Å². The molecule has 0 fully saturated rings. The largest absolute Gasteiger partial charge is 0.348 e. The van der Waals surface area contributed by atoms with E-state index in [-0.39, 0.29) is 11.9 Å². The van der Waals surface area contributed by atoms with Gasteiger partial charge in [0.1, 0.15) is 9.88 Å². The van der Waals surface area contributed by atoms with Gasteiger partial charge in [-0.15, -0.1) is 22.7 Å². The van der Waals surface area contributed by atoms with Crippen LogP contribution in [0.5, 0.6) is 0 Å². The fourth-order valence-electron chi connectivity index (χ4n) is 1.49. The molecule has 0 bridgehead atoms. The SMILES string of the molecule is Cc1nc(-c2ccc(Cl)s2)sc1C(=O)N[C@@H](C)CN. The minimum Gasteiger partial charge on any atom is -0.348 e. The first kappa shape index (κ1) is 14.5. The number of aryl methyl sites for hydroxylation is 1. The van der Waals surface area contributed by atoms with E-state index in [4.69, 9.17) is 17.3 Å². The second kappa shape index (κ2) is 6.00. The third-order valence-electron chi connectivity index (χ3n) is 2.52. The van der Waals surface area contributed by atoms with Crippen LogP contribution in [-0.4, -0.2) is 23.5 Å². The number of nitrogens with zero attached hydrogens (tertiary/aromatic N) is 1. The number of aromatic nitrogens is 1. The maximum Gasteiger partial charge on any atom is 0.263 e. The number of carbonyl (C=O) groups excluding carboxylic acids is 1. The summed E-state index contributed by atoms with van der Waals surface area (Å²) in [7, 11) is 0. The van der Waals surface area contributed by atoms with Crippen LogP contribution in [0.25, 0.3) is 9.88 Å². The van der Waals surface area contributed by atoms with Crippen LogP contribution in [0, 0.1) is 6.92 Å². The van der Waals surface area contributed by atoms with Gasteiger partial charge < -0.3 is 11.1 Å². The Morgan fingerprint density at radius 1 is 1.53 bits per heavy atom. The fraction of sp³-hybridized carbons (Fsp3) is 0.333. The Labute approximate surface area is 124 Å². The number of nitrogens with one attached hydrogen (secondary N) is 1. The van der Waals surface area contributed by atoms with E-state index in [1.165, 1.54) is 22.7 Å². The minimum absolute atomic E-state index is 0.0476. The standard InChI is InChI=1S/C12H14ClN3OS2/c1-6(5-14)15-11(17)10-7(2)16-12(19-10)8-3-4-9(13)18-8/h3-4,6H,5,14H2,1-2H3,(H,15,17)/t6-/m0/s1. The number of thiazole rings is 1. The Hall–Kier alpha value is -0.950. The number of thiophene rings is 1. The van der Waals surface area contributed by atoms with Crippen molar-refractivity contribution in [3.05, 3.63) is 27.0 Å². The summed E-state index contributed by atoms with van der Waals surface area (Å²) in [5.41, 5.74) is 6.22. The summed E-state index contributed by atoms with van der Waals surface area (Å²) in [6.45, 7) is 4.11. The first-order chi connectivity index (χ1) is 9.01. The molecular weight excluding hydrogens is 302 g/mol. The maximum atomic E-state index is 12.1. The second-order valence-corrected chi connectivity index (χ2v) is 6.86. The normalized spacial score (nSPS) is 12.4. The molecule has 102 valence electrons. The number of nitrogens with two attached hydrogens (primary N) is 1. The highest BCUT2D eigenvalue weighted by Gasteiger charge is 2.18. The van der Waals surface area contributed by atoms with Gasteiger partial charge in [-0.1, -0.05) is 11.6 Å². The monoisotopic (exact) mass is 315 g/mol. The van der Waals surface area contributed by atoms with E-state index in [2.05, 4.69) is 10.3 Å². The van der Waals surface area contributed by atoms with Crippen LogP contribution in [0.4, 0.5) is 0 Å². The molecule has 1 atom stereocenters. The molecule has 0 unspecified atom stereocenters. The Morgan fingerprint density at radius 3 is 2.84 bits per heavy atom. The van der Waals surface area contributed by atoms with Gasteiger partial charge in [0.2, 0.25) is 0 Å². The molecule has 0 aliphatic heterocycles. The average molecular weight is 316 g/mol. The summed E-state index contributed by atoms with van der Waals surface area (Å²) < 4.78 is 0.714. The Bertz CT molecular complexity index is 594. The summed E-state index contributed by atoms with van der Waals surface area (Å²) in [5.74, 6) is -0.123. The van der Waals surface area contributed by atoms with Gasteiger partial charge in [-0.05, 0) is 26.0 Å². The number of carbonyl (C=O) groups is 1. The third-order valence-corrected chi connectivity index (χ3v) is 5.07. The smallest absolute Gasteiger partial charge is 0.263 e. The van der Waals surface area contributed by atoms with E-state index in [1.807, 2.05) is 26.0 Å². The Kier molecular flexibility index (Phi) is 4.57. The molecule has 0 radical (unpaired) electrons. The summed E-state index contributed by atoms with van der Waals surface area (Å²) >= 11 is 8.74. The van der Waals surface area contributed by atoms with E-state index in [9.17, 15) is 4.79 Å². The van der Waals surface area contributed by atoms with Crippen LogP contribution in [0.1, 0.15) is 22.3 Å². The zero-order valence-electron chi connectivity index (χ0n) is 10.6. The third kappa shape index (κ3) is 3.33. The van der Waals surface area contributed by atoms with Crippen molar-refractivity contribution in [3.63, 3.8) is 0 Å². The topological polar surface area (TPSA) is 68.0 Å². The van der Waals surface area contributed by atoms with Crippen molar-refractivity contribution in [2.75, 3.05) is 6.54 Å². The van der Waals surface area contributed by atoms with E-state index in [0.717, 1.165) is 15.6 Å². The zero-order valence-corrected chi connectivity index (χ0v) is 13.0. The first-order valence-corrected chi connectivity index (χ1v) is 7.76. The van der Waals surface area contributed by atoms with Gasteiger partial charge in [0.15, 0.2) is 0 Å². The van der Waals surface area contributed by atoms with Gasteiger partial charge in [-0.3, -0.25) is 4.79 Å². The van der Waals surface area contributed by atoms with Gasteiger partial charge in [0.05, 0.1) is 14.9 Å². The van der Waals surface area contributed by atoms with Gasteiger partial charge in [0, 0.05) is 12.6 Å². The Morgan fingerprint density at radius 2 is 2.26 bits per heavy atom. The predicted octanol–water partition coefficient (Wildman–Crippen LogP) is 2.91. The molecule has 0 aliphatic rings. The quantitative estimate of drug-likeness (QED) is 0.911. The molecule has 0 aromatic carbocycles. The number of halogens is 1. The predicted molar refractivity (Wildman–Crippen MR) is 81.2 cm³/mol. The number of hydrogen-bond donors (Lipinski definition) is 2. The van der Waals surface area contributed by atoms with Crippen molar-refractivity contribution < 1.29 is 4.79 Å². The highest BCUT2D eigenvalue weighted by molar-refractivity contribution is 7.24. The van der Waals surface area contributed by atoms with Crippen molar-refractivity contribution in [3.8, 4) is 9.88 Å². The van der Waals surface area contributed by atoms with Crippen LogP contribution >= 0.6 is 34.3 Å². The van der Waals surface area contributed by atoms with Crippen molar-refractivity contribution >= 4 is 40.2 Å². The first-order valence-electron chi connectivity index (χ1n) is 5.75. The van der Waals surface area contributed by atoms with Crippen LogP contribution < -0.4 is 11.1 Å². The van der Waals surface area contributed by atoms with E-state index < -0.39 is 0 Å². The number of hydrogen-bond acceptors (Lipinski definition) is 5. The number of rotatable bonds is 4. The lowest BCUT2D eigenvalue weighted by atomic mass is 10.3. The molecule has 2 aromatic heterocycles. The lowest BCUT2D eigenvalue weighted by Crippen LogP contribution is -2.37. The van der Waals surface area contributed by atoms with E-state index >= 15 is 0 Å². The van der Waals surface area contributed by atoms with Crippen LogP contribution in [0.3, 0.4) is 0 Å². The molecular formula is C12H14ClN3OS2. The minimum atomic E-state index is -0.123. The van der Waals surface area contributed by atoms with Crippen LogP contribution in [0.2, 0.25) is 4.34 Å².